The molecule has 1 saturated heterocycles. The summed E-state index contributed by atoms with van der Waals surface area (Å²) in [5.74, 6) is 3.69. The minimum absolute atomic E-state index is 0.564. The third kappa shape index (κ3) is 4.82. The van der Waals surface area contributed by atoms with Crippen LogP contribution < -0.4 is 10.6 Å². The third-order valence-corrected chi connectivity index (χ3v) is 7.17. The van der Waals surface area contributed by atoms with E-state index in [4.69, 9.17) is 0 Å². The number of rotatable bonds is 6. The maximum absolute atomic E-state index is 4.26. The SMILES string of the molecule is C=NC1CCC(C2CCC(C3NCC(CCCC)CN3)CC2)CC1. The lowest BCUT2D eigenvalue weighted by Crippen LogP contribution is -2.56. The van der Waals surface area contributed by atoms with Crippen LogP contribution >= 0.6 is 0 Å². The minimum Gasteiger partial charge on any atom is -0.301 e. The highest BCUT2D eigenvalue weighted by molar-refractivity contribution is 5.24. The van der Waals surface area contributed by atoms with Gasteiger partial charge >= 0.3 is 0 Å². The molecule has 0 amide bonds. The van der Waals surface area contributed by atoms with Crippen molar-refractivity contribution < 1.29 is 0 Å². The van der Waals surface area contributed by atoms with Crippen LogP contribution in [0.2, 0.25) is 0 Å². The number of aliphatic imine (C=N–C) groups is 1. The van der Waals surface area contributed by atoms with Crippen LogP contribution in [0.15, 0.2) is 4.99 Å². The Labute approximate surface area is 149 Å². The van der Waals surface area contributed by atoms with Gasteiger partial charge in [-0.05, 0) is 88.2 Å². The first kappa shape index (κ1) is 18.4. The molecule has 0 aromatic heterocycles. The normalized spacial score (nSPS) is 41.0. The molecule has 3 nitrogen and oxygen atoms in total. The first-order valence-electron chi connectivity index (χ1n) is 10.7. The van der Waals surface area contributed by atoms with Crippen molar-refractivity contribution in [1.29, 1.82) is 0 Å². The monoisotopic (exact) mass is 333 g/mol. The maximum Gasteiger partial charge on any atom is 0.0600 e. The first-order chi connectivity index (χ1) is 11.8. The quantitative estimate of drug-likeness (QED) is 0.708. The van der Waals surface area contributed by atoms with Crippen molar-refractivity contribution >= 4 is 6.72 Å². The molecule has 1 heterocycles. The first-order valence-corrected chi connectivity index (χ1v) is 10.7. The van der Waals surface area contributed by atoms with Crippen LogP contribution in [0.4, 0.5) is 0 Å². The van der Waals surface area contributed by atoms with Crippen LogP contribution in [0.25, 0.3) is 0 Å². The van der Waals surface area contributed by atoms with E-state index < -0.39 is 0 Å². The maximum atomic E-state index is 4.26. The fourth-order valence-electron chi connectivity index (χ4n) is 5.47. The lowest BCUT2D eigenvalue weighted by atomic mass is 9.69. The van der Waals surface area contributed by atoms with Crippen LogP contribution in [0.1, 0.15) is 77.6 Å². The summed E-state index contributed by atoms with van der Waals surface area (Å²) >= 11 is 0. The molecule has 3 aliphatic rings. The van der Waals surface area contributed by atoms with E-state index in [0.717, 1.165) is 23.7 Å². The Kier molecular flexibility index (Phi) is 7.15. The minimum atomic E-state index is 0.564. The van der Waals surface area contributed by atoms with Crippen molar-refractivity contribution in [3.8, 4) is 0 Å². The number of nitrogens with one attached hydrogen (secondary N) is 2. The average molecular weight is 334 g/mol. The Morgan fingerprint density at radius 2 is 1.38 bits per heavy atom. The van der Waals surface area contributed by atoms with Gasteiger partial charge in [-0.2, -0.15) is 0 Å². The molecule has 1 aliphatic heterocycles. The molecule has 2 aliphatic carbocycles. The van der Waals surface area contributed by atoms with Gasteiger partial charge in [-0.3, -0.25) is 4.99 Å². The largest absolute Gasteiger partial charge is 0.301 e. The van der Waals surface area contributed by atoms with Gasteiger partial charge in [0.2, 0.25) is 0 Å². The lowest BCUT2D eigenvalue weighted by molar-refractivity contribution is 0.121. The van der Waals surface area contributed by atoms with Gasteiger partial charge in [0.25, 0.3) is 0 Å². The Hall–Kier alpha value is -0.410. The van der Waals surface area contributed by atoms with Crippen molar-refractivity contribution in [2.45, 2.75) is 89.8 Å². The standard InChI is InChI=1S/C21H39N3/c1-3-4-5-16-14-23-21(24-15-16)19-8-6-17(7-9-19)18-10-12-20(22-2)13-11-18/h16-21,23-24H,2-15H2,1H3. The van der Waals surface area contributed by atoms with Gasteiger partial charge < -0.3 is 10.6 Å². The van der Waals surface area contributed by atoms with Gasteiger partial charge in [0.1, 0.15) is 0 Å². The van der Waals surface area contributed by atoms with Crippen molar-refractivity contribution in [3.05, 3.63) is 0 Å². The van der Waals surface area contributed by atoms with Crippen LogP contribution in [0, 0.1) is 23.7 Å². The van der Waals surface area contributed by atoms with E-state index in [1.807, 2.05) is 0 Å². The number of unbranched alkanes of at least 4 members (excludes halogenated alkanes) is 1. The zero-order valence-electron chi connectivity index (χ0n) is 15.8. The van der Waals surface area contributed by atoms with E-state index in [0.29, 0.717) is 12.2 Å². The Morgan fingerprint density at radius 1 is 0.833 bits per heavy atom. The van der Waals surface area contributed by atoms with Gasteiger partial charge in [0.05, 0.1) is 6.17 Å². The molecule has 3 fully saturated rings. The zero-order valence-corrected chi connectivity index (χ0v) is 15.8. The molecule has 0 radical (unpaired) electrons. The molecule has 0 bridgehead atoms. The van der Waals surface area contributed by atoms with E-state index in [2.05, 4.69) is 29.3 Å². The van der Waals surface area contributed by atoms with E-state index >= 15 is 0 Å². The molecule has 3 rings (SSSR count). The highest BCUT2D eigenvalue weighted by Crippen LogP contribution is 2.41. The van der Waals surface area contributed by atoms with Gasteiger partial charge in [-0.25, -0.2) is 0 Å². The molecule has 0 aromatic rings. The summed E-state index contributed by atoms with van der Waals surface area (Å²) < 4.78 is 0. The van der Waals surface area contributed by atoms with Crippen LogP contribution in [0.3, 0.4) is 0 Å². The smallest absolute Gasteiger partial charge is 0.0600 e. The molecule has 0 aromatic carbocycles. The van der Waals surface area contributed by atoms with E-state index in [1.54, 1.807) is 0 Å². The second-order valence-electron chi connectivity index (χ2n) is 8.73. The molecule has 3 heteroatoms. The van der Waals surface area contributed by atoms with Crippen molar-refractivity contribution in [1.82, 2.24) is 10.6 Å². The molecule has 24 heavy (non-hydrogen) atoms. The van der Waals surface area contributed by atoms with E-state index in [1.165, 1.54) is 83.7 Å². The lowest BCUT2D eigenvalue weighted by Gasteiger charge is -2.42. The predicted molar refractivity (Wildman–Crippen MR) is 104 cm³/mol. The predicted octanol–water partition coefficient (Wildman–Crippen LogP) is 4.38. The number of hydrogen-bond donors (Lipinski definition) is 2. The topological polar surface area (TPSA) is 36.4 Å². The Morgan fingerprint density at radius 3 is 1.92 bits per heavy atom. The van der Waals surface area contributed by atoms with E-state index in [-0.39, 0.29) is 0 Å². The van der Waals surface area contributed by atoms with E-state index in [9.17, 15) is 0 Å². The van der Waals surface area contributed by atoms with Crippen molar-refractivity contribution in [2.75, 3.05) is 13.1 Å². The van der Waals surface area contributed by atoms with Gasteiger partial charge in [-0.1, -0.05) is 19.8 Å². The van der Waals surface area contributed by atoms with Crippen molar-refractivity contribution in [2.24, 2.45) is 28.7 Å². The van der Waals surface area contributed by atoms with Crippen molar-refractivity contribution in [3.63, 3.8) is 0 Å². The molecule has 138 valence electrons. The average Bonchev–Trinajstić information content (AvgIpc) is 2.67. The second-order valence-corrected chi connectivity index (χ2v) is 8.73. The molecular weight excluding hydrogens is 294 g/mol. The zero-order chi connectivity index (χ0) is 16.8. The summed E-state index contributed by atoms with van der Waals surface area (Å²) in [6.45, 7) is 8.50. The molecule has 0 atom stereocenters. The molecule has 2 saturated carbocycles. The third-order valence-electron chi connectivity index (χ3n) is 7.17. The molecule has 0 unspecified atom stereocenters. The summed E-state index contributed by atoms with van der Waals surface area (Å²) in [6.07, 6.45) is 15.8. The van der Waals surface area contributed by atoms with Crippen LogP contribution in [0.5, 0.6) is 0 Å². The molecule has 2 N–H and O–H groups in total. The van der Waals surface area contributed by atoms with Crippen LogP contribution in [-0.4, -0.2) is 32.0 Å². The van der Waals surface area contributed by atoms with Gasteiger partial charge in [0, 0.05) is 19.1 Å². The summed E-state index contributed by atoms with van der Waals surface area (Å²) in [4.78, 5) is 4.26. The van der Waals surface area contributed by atoms with Gasteiger partial charge in [-0.15, -0.1) is 0 Å². The highest BCUT2D eigenvalue weighted by atomic mass is 15.2. The Bertz CT molecular complexity index is 359. The second kappa shape index (κ2) is 9.33. The van der Waals surface area contributed by atoms with Crippen LogP contribution in [-0.2, 0) is 0 Å². The number of nitrogens with zero attached hydrogens (tertiary/aromatic N) is 1. The summed E-state index contributed by atoms with van der Waals surface area (Å²) in [5, 5.41) is 7.65. The summed E-state index contributed by atoms with van der Waals surface area (Å²) in [5.41, 5.74) is 0. The summed E-state index contributed by atoms with van der Waals surface area (Å²) in [6, 6.07) is 0.564. The molecule has 0 spiro atoms. The highest BCUT2D eigenvalue weighted by Gasteiger charge is 2.34. The van der Waals surface area contributed by atoms with Gasteiger partial charge in [0.15, 0.2) is 0 Å². The Balaban J connectivity index is 1.36. The summed E-state index contributed by atoms with van der Waals surface area (Å²) in [7, 11) is 0. The molecular formula is C21H39N3. The number of hydrogen-bond acceptors (Lipinski definition) is 3. The fraction of sp³-hybridized carbons (Fsp3) is 0.952. The fourth-order valence-corrected chi connectivity index (χ4v) is 5.47.